The minimum atomic E-state index is -0.406. The molecule has 0 atom stereocenters. The molecule has 0 spiro atoms. The molecule has 7 heteroatoms. The molecule has 136 valence electrons. The molecule has 0 aliphatic heterocycles. The molecule has 2 N–H and O–H groups in total. The van der Waals surface area contributed by atoms with Crippen molar-refractivity contribution >= 4 is 46.8 Å². The molecule has 2 aromatic carbocycles. The van der Waals surface area contributed by atoms with E-state index in [4.69, 9.17) is 27.9 Å². The Balaban J connectivity index is 1.82. The van der Waals surface area contributed by atoms with Crippen molar-refractivity contribution in [3.05, 3.63) is 64.1 Å². The summed E-state index contributed by atoms with van der Waals surface area (Å²) in [7, 11) is 0. The number of anilines is 1. The normalized spacial score (nSPS) is 10.6. The monoisotopic (exact) mass is 392 g/mol. The fraction of sp³-hybridized carbons (Fsp3) is 0.158. The molecule has 0 aromatic heterocycles. The Labute approximate surface area is 161 Å². The van der Waals surface area contributed by atoms with Gasteiger partial charge in [0, 0.05) is 11.1 Å². The number of amides is 2. The fourth-order valence-corrected chi connectivity index (χ4v) is 2.36. The van der Waals surface area contributed by atoms with Gasteiger partial charge in [0.2, 0.25) is 11.8 Å². The largest absolute Gasteiger partial charge is 0.494 e. The number of nitrogens with one attached hydrogen (secondary N) is 2. The summed E-state index contributed by atoms with van der Waals surface area (Å²) in [6.07, 6.45) is 3.01. The Morgan fingerprint density at radius 2 is 1.85 bits per heavy atom. The minimum absolute atomic E-state index is 0.185. The average molecular weight is 393 g/mol. The van der Waals surface area contributed by atoms with Crippen LogP contribution in [0.4, 0.5) is 5.69 Å². The van der Waals surface area contributed by atoms with Crippen LogP contribution in [0.3, 0.4) is 0 Å². The van der Waals surface area contributed by atoms with Crippen LogP contribution >= 0.6 is 23.2 Å². The Bertz CT molecular complexity index is 805. The molecule has 0 bridgehead atoms. The second kappa shape index (κ2) is 9.85. The van der Waals surface area contributed by atoms with E-state index in [2.05, 4.69) is 10.6 Å². The fourth-order valence-electron chi connectivity index (χ4n) is 2.03. The summed E-state index contributed by atoms with van der Waals surface area (Å²) >= 11 is 11.8. The summed E-state index contributed by atoms with van der Waals surface area (Å²) < 4.78 is 5.35. The molecule has 2 rings (SSSR count). The summed E-state index contributed by atoms with van der Waals surface area (Å²) in [4.78, 5) is 23.7. The highest BCUT2D eigenvalue weighted by atomic mass is 35.5. The summed E-state index contributed by atoms with van der Waals surface area (Å²) in [6.45, 7) is 2.32. The average Bonchev–Trinajstić information content (AvgIpc) is 2.63. The van der Waals surface area contributed by atoms with Crippen LogP contribution in [0.25, 0.3) is 6.08 Å². The highest BCUT2D eigenvalue weighted by Crippen LogP contribution is 2.25. The van der Waals surface area contributed by atoms with Gasteiger partial charge in [-0.2, -0.15) is 0 Å². The van der Waals surface area contributed by atoms with Crippen molar-refractivity contribution in [3.63, 3.8) is 0 Å². The third-order valence-corrected chi connectivity index (χ3v) is 3.81. The molecule has 0 fully saturated rings. The van der Waals surface area contributed by atoms with E-state index in [1.807, 2.05) is 31.2 Å². The lowest BCUT2D eigenvalue weighted by Gasteiger charge is -2.08. The Morgan fingerprint density at radius 3 is 2.54 bits per heavy atom. The maximum atomic E-state index is 11.9. The summed E-state index contributed by atoms with van der Waals surface area (Å²) in [5, 5.41) is 5.91. The topological polar surface area (TPSA) is 67.4 Å². The lowest BCUT2D eigenvalue weighted by Crippen LogP contribution is -2.31. The van der Waals surface area contributed by atoms with E-state index >= 15 is 0 Å². The number of halogens is 2. The van der Waals surface area contributed by atoms with Crippen LogP contribution in [-0.4, -0.2) is 25.0 Å². The highest BCUT2D eigenvalue weighted by Gasteiger charge is 2.07. The smallest absolute Gasteiger partial charge is 0.244 e. The van der Waals surface area contributed by atoms with Gasteiger partial charge in [0.15, 0.2) is 0 Å². The molecule has 2 amide bonds. The Hall–Kier alpha value is -2.50. The first-order valence-corrected chi connectivity index (χ1v) is 8.67. The molecule has 0 unspecified atom stereocenters. The molecule has 0 saturated heterocycles. The van der Waals surface area contributed by atoms with E-state index in [9.17, 15) is 9.59 Å². The van der Waals surface area contributed by atoms with Crippen LogP contribution in [0.15, 0.2) is 48.5 Å². The lowest BCUT2D eigenvalue weighted by atomic mass is 10.2. The van der Waals surface area contributed by atoms with E-state index in [1.165, 1.54) is 12.1 Å². The van der Waals surface area contributed by atoms with E-state index in [0.717, 1.165) is 11.3 Å². The van der Waals surface area contributed by atoms with Gasteiger partial charge in [-0.1, -0.05) is 35.3 Å². The molecule has 0 radical (unpaired) electrons. The van der Waals surface area contributed by atoms with Crippen molar-refractivity contribution in [3.8, 4) is 5.75 Å². The highest BCUT2D eigenvalue weighted by molar-refractivity contribution is 6.35. The number of hydrogen-bond donors (Lipinski definition) is 2. The van der Waals surface area contributed by atoms with Crippen molar-refractivity contribution in [2.45, 2.75) is 6.92 Å². The second-order valence-electron chi connectivity index (χ2n) is 5.23. The van der Waals surface area contributed by atoms with Gasteiger partial charge in [-0.05, 0) is 48.9 Å². The Kier molecular flexibility index (Phi) is 7.51. The number of rotatable bonds is 7. The van der Waals surface area contributed by atoms with Crippen LogP contribution < -0.4 is 15.4 Å². The number of hydrogen-bond acceptors (Lipinski definition) is 3. The minimum Gasteiger partial charge on any atom is -0.494 e. The van der Waals surface area contributed by atoms with Crippen molar-refractivity contribution < 1.29 is 14.3 Å². The third kappa shape index (κ3) is 6.43. The number of carbonyl (C=O) groups excluding carboxylic acids is 2. The van der Waals surface area contributed by atoms with E-state index in [1.54, 1.807) is 18.2 Å². The zero-order chi connectivity index (χ0) is 18.9. The maximum absolute atomic E-state index is 11.9. The van der Waals surface area contributed by atoms with Crippen molar-refractivity contribution in [1.82, 2.24) is 5.32 Å². The van der Waals surface area contributed by atoms with Crippen LogP contribution in [0.2, 0.25) is 10.0 Å². The molecule has 0 aliphatic rings. The van der Waals surface area contributed by atoms with E-state index in [-0.39, 0.29) is 12.5 Å². The van der Waals surface area contributed by atoms with Gasteiger partial charge in [0.05, 0.1) is 23.9 Å². The number of benzene rings is 2. The van der Waals surface area contributed by atoms with Crippen molar-refractivity contribution in [2.24, 2.45) is 0 Å². The van der Waals surface area contributed by atoms with Crippen LogP contribution in [0, 0.1) is 0 Å². The SMILES string of the molecule is CCOc1ccc(/C=C/C(=O)NCC(=O)Nc2cc(Cl)ccc2Cl)cc1. The van der Waals surface area contributed by atoms with E-state index in [0.29, 0.717) is 22.3 Å². The predicted molar refractivity (Wildman–Crippen MR) is 105 cm³/mol. The van der Waals surface area contributed by atoms with Crippen molar-refractivity contribution in [1.29, 1.82) is 0 Å². The number of carbonyl (C=O) groups is 2. The third-order valence-electron chi connectivity index (χ3n) is 3.24. The lowest BCUT2D eigenvalue weighted by molar-refractivity contribution is -0.121. The van der Waals surface area contributed by atoms with Crippen LogP contribution in [0.5, 0.6) is 5.75 Å². The molecule has 0 heterocycles. The number of ether oxygens (including phenoxy) is 1. The molecule has 0 aliphatic carbocycles. The molecular formula is C19H18Cl2N2O3. The van der Waals surface area contributed by atoms with Crippen LogP contribution in [-0.2, 0) is 9.59 Å². The van der Waals surface area contributed by atoms with Gasteiger partial charge in [-0.3, -0.25) is 9.59 Å². The molecular weight excluding hydrogens is 375 g/mol. The zero-order valence-corrected chi connectivity index (χ0v) is 15.6. The van der Waals surface area contributed by atoms with Gasteiger partial charge < -0.3 is 15.4 Å². The molecule has 2 aromatic rings. The summed E-state index contributed by atoms with van der Waals surface area (Å²) in [5.74, 6) is -0.0198. The zero-order valence-electron chi connectivity index (χ0n) is 14.1. The predicted octanol–water partition coefficient (Wildman–Crippen LogP) is 4.16. The van der Waals surface area contributed by atoms with Gasteiger partial charge >= 0.3 is 0 Å². The summed E-state index contributed by atoms with van der Waals surface area (Å²) in [5.41, 5.74) is 1.24. The van der Waals surface area contributed by atoms with Gasteiger partial charge in [-0.15, -0.1) is 0 Å². The molecule has 26 heavy (non-hydrogen) atoms. The summed E-state index contributed by atoms with van der Waals surface area (Å²) in [6, 6.07) is 12.1. The van der Waals surface area contributed by atoms with E-state index < -0.39 is 5.91 Å². The van der Waals surface area contributed by atoms with Gasteiger partial charge in [0.25, 0.3) is 0 Å². The standard InChI is InChI=1S/C19H18Cl2N2O3/c1-2-26-15-7-3-13(4-8-15)5-10-18(24)22-12-19(25)23-17-11-14(20)6-9-16(17)21/h3-11H,2,12H2,1H3,(H,22,24)(H,23,25)/b10-5+. The first-order valence-electron chi connectivity index (χ1n) is 7.91. The van der Waals surface area contributed by atoms with Gasteiger partial charge in [-0.25, -0.2) is 0 Å². The Morgan fingerprint density at radius 1 is 1.12 bits per heavy atom. The second-order valence-corrected chi connectivity index (χ2v) is 6.07. The molecule has 0 saturated carbocycles. The molecule has 5 nitrogen and oxygen atoms in total. The first-order chi connectivity index (χ1) is 12.5. The van der Waals surface area contributed by atoms with Crippen LogP contribution in [0.1, 0.15) is 12.5 Å². The maximum Gasteiger partial charge on any atom is 0.244 e. The first kappa shape index (κ1) is 19.8. The van der Waals surface area contributed by atoms with Crippen molar-refractivity contribution in [2.75, 3.05) is 18.5 Å². The van der Waals surface area contributed by atoms with Gasteiger partial charge in [0.1, 0.15) is 5.75 Å². The quantitative estimate of drug-likeness (QED) is 0.695.